The highest BCUT2D eigenvalue weighted by atomic mass is 32.2. The van der Waals surface area contributed by atoms with Crippen LogP contribution in [0, 0.1) is 0 Å². The van der Waals surface area contributed by atoms with Crippen LogP contribution in [0.4, 0.5) is 5.82 Å². The second-order valence-electron chi connectivity index (χ2n) is 2.38. The highest BCUT2D eigenvalue weighted by molar-refractivity contribution is 7.98. The van der Waals surface area contributed by atoms with Crippen molar-refractivity contribution in [1.82, 2.24) is 15.0 Å². The molecule has 0 aliphatic heterocycles. The lowest BCUT2D eigenvalue weighted by Gasteiger charge is -1.92. The van der Waals surface area contributed by atoms with Crippen LogP contribution in [0.15, 0.2) is 17.4 Å². The Bertz CT molecular complexity index is 409. The average molecular weight is 180 g/mol. The van der Waals surface area contributed by atoms with Crippen molar-refractivity contribution in [1.29, 1.82) is 0 Å². The zero-order valence-electron chi connectivity index (χ0n) is 6.53. The largest absolute Gasteiger partial charge is 0.385 e. The summed E-state index contributed by atoms with van der Waals surface area (Å²) < 4.78 is 0. The molecular weight excluding hydrogens is 172 g/mol. The van der Waals surface area contributed by atoms with Gasteiger partial charge in [0, 0.05) is 6.07 Å². The number of aromatic amines is 1. The van der Waals surface area contributed by atoms with Gasteiger partial charge < -0.3 is 10.7 Å². The first-order valence-electron chi connectivity index (χ1n) is 3.45. The number of nitrogens with two attached hydrogens (primary N) is 1. The van der Waals surface area contributed by atoms with Gasteiger partial charge in [0.1, 0.15) is 5.82 Å². The molecule has 2 heterocycles. The molecule has 2 aromatic rings. The van der Waals surface area contributed by atoms with Crippen molar-refractivity contribution in [2.24, 2.45) is 0 Å². The quantitative estimate of drug-likeness (QED) is 0.512. The van der Waals surface area contributed by atoms with Crippen molar-refractivity contribution in [2.75, 3.05) is 12.0 Å². The molecule has 0 atom stereocenters. The van der Waals surface area contributed by atoms with E-state index in [2.05, 4.69) is 15.0 Å². The molecule has 0 unspecified atom stereocenters. The number of hydrogen-bond acceptors (Lipinski definition) is 4. The van der Waals surface area contributed by atoms with E-state index in [0.717, 1.165) is 16.2 Å². The van der Waals surface area contributed by atoms with Crippen LogP contribution in [0.1, 0.15) is 0 Å². The summed E-state index contributed by atoms with van der Waals surface area (Å²) in [5.41, 5.74) is 7.30. The van der Waals surface area contributed by atoms with Crippen molar-refractivity contribution in [3.05, 3.63) is 12.3 Å². The van der Waals surface area contributed by atoms with Crippen LogP contribution < -0.4 is 5.73 Å². The summed E-state index contributed by atoms with van der Waals surface area (Å²) in [6.45, 7) is 0. The van der Waals surface area contributed by atoms with E-state index >= 15 is 0 Å². The van der Waals surface area contributed by atoms with Gasteiger partial charge in [-0.25, -0.2) is 9.97 Å². The summed E-state index contributed by atoms with van der Waals surface area (Å²) in [7, 11) is 0. The van der Waals surface area contributed by atoms with E-state index in [1.807, 2.05) is 6.26 Å². The fourth-order valence-electron chi connectivity index (χ4n) is 1.02. The SMILES string of the molecule is CSc1ncc2[nH]c(N)cc2n1. The van der Waals surface area contributed by atoms with Crippen LogP contribution in [-0.2, 0) is 0 Å². The predicted molar refractivity (Wildman–Crippen MR) is 50.1 cm³/mol. The lowest BCUT2D eigenvalue weighted by atomic mass is 10.5. The molecule has 0 bridgehead atoms. The van der Waals surface area contributed by atoms with E-state index in [0.29, 0.717) is 5.82 Å². The first-order chi connectivity index (χ1) is 5.79. The van der Waals surface area contributed by atoms with E-state index in [4.69, 9.17) is 5.73 Å². The molecule has 0 spiro atoms. The molecule has 62 valence electrons. The molecule has 0 aliphatic rings. The lowest BCUT2D eigenvalue weighted by molar-refractivity contribution is 1.01. The number of aromatic nitrogens is 3. The van der Waals surface area contributed by atoms with Crippen molar-refractivity contribution >= 4 is 28.6 Å². The van der Waals surface area contributed by atoms with Crippen molar-refractivity contribution in [2.45, 2.75) is 5.16 Å². The zero-order valence-corrected chi connectivity index (χ0v) is 7.35. The van der Waals surface area contributed by atoms with Gasteiger partial charge in [0.15, 0.2) is 5.16 Å². The fourth-order valence-corrected chi connectivity index (χ4v) is 1.37. The molecule has 4 nitrogen and oxygen atoms in total. The maximum atomic E-state index is 5.55. The zero-order chi connectivity index (χ0) is 8.55. The monoisotopic (exact) mass is 180 g/mol. The number of thioether (sulfide) groups is 1. The first-order valence-corrected chi connectivity index (χ1v) is 4.67. The van der Waals surface area contributed by atoms with Gasteiger partial charge in [-0.15, -0.1) is 0 Å². The number of hydrogen-bond donors (Lipinski definition) is 2. The van der Waals surface area contributed by atoms with Gasteiger partial charge in [0.2, 0.25) is 0 Å². The molecular formula is C7H8N4S. The highest BCUT2D eigenvalue weighted by Crippen LogP contribution is 2.16. The summed E-state index contributed by atoms with van der Waals surface area (Å²) >= 11 is 1.52. The maximum Gasteiger partial charge on any atom is 0.187 e. The number of nitrogens with one attached hydrogen (secondary N) is 1. The fraction of sp³-hybridized carbons (Fsp3) is 0.143. The van der Waals surface area contributed by atoms with E-state index in [9.17, 15) is 0 Å². The third-order valence-corrected chi connectivity index (χ3v) is 2.11. The van der Waals surface area contributed by atoms with Crippen LogP contribution in [0.3, 0.4) is 0 Å². The molecule has 5 heteroatoms. The Hall–Kier alpha value is -1.23. The van der Waals surface area contributed by atoms with Crippen molar-refractivity contribution in [3.8, 4) is 0 Å². The smallest absolute Gasteiger partial charge is 0.187 e. The second-order valence-corrected chi connectivity index (χ2v) is 3.15. The van der Waals surface area contributed by atoms with Gasteiger partial charge in [-0.1, -0.05) is 11.8 Å². The van der Waals surface area contributed by atoms with Crippen molar-refractivity contribution < 1.29 is 0 Å². The van der Waals surface area contributed by atoms with E-state index < -0.39 is 0 Å². The summed E-state index contributed by atoms with van der Waals surface area (Å²) in [5.74, 6) is 0.623. The minimum Gasteiger partial charge on any atom is -0.385 e. The molecule has 2 rings (SSSR count). The lowest BCUT2D eigenvalue weighted by Crippen LogP contribution is -1.83. The average Bonchev–Trinajstić information content (AvgIpc) is 2.43. The van der Waals surface area contributed by atoms with Crippen LogP contribution in [0.25, 0.3) is 11.0 Å². The topological polar surface area (TPSA) is 67.6 Å². The van der Waals surface area contributed by atoms with Crippen LogP contribution >= 0.6 is 11.8 Å². The number of anilines is 1. The van der Waals surface area contributed by atoms with E-state index in [1.54, 1.807) is 12.3 Å². The maximum absolute atomic E-state index is 5.55. The second kappa shape index (κ2) is 2.67. The van der Waals surface area contributed by atoms with Crippen LogP contribution in [0.2, 0.25) is 0 Å². The molecule has 2 aromatic heterocycles. The third-order valence-electron chi connectivity index (χ3n) is 1.55. The van der Waals surface area contributed by atoms with E-state index in [-0.39, 0.29) is 0 Å². The van der Waals surface area contributed by atoms with E-state index in [1.165, 1.54) is 11.8 Å². The van der Waals surface area contributed by atoms with Gasteiger partial charge in [-0.2, -0.15) is 0 Å². The van der Waals surface area contributed by atoms with Gasteiger partial charge in [-0.3, -0.25) is 0 Å². The Labute approximate surface area is 73.6 Å². The summed E-state index contributed by atoms with van der Waals surface area (Å²) in [5, 5.41) is 0.765. The number of fused-ring (bicyclic) bond motifs is 1. The Morgan fingerprint density at radius 3 is 3.17 bits per heavy atom. The van der Waals surface area contributed by atoms with Crippen molar-refractivity contribution in [3.63, 3.8) is 0 Å². The Morgan fingerprint density at radius 2 is 2.42 bits per heavy atom. The summed E-state index contributed by atoms with van der Waals surface area (Å²) in [6.07, 6.45) is 3.68. The predicted octanol–water partition coefficient (Wildman–Crippen LogP) is 1.26. The third kappa shape index (κ3) is 1.12. The minimum absolute atomic E-state index is 0.623. The number of nitrogen functional groups attached to an aromatic ring is 1. The van der Waals surface area contributed by atoms with Crippen LogP contribution in [0.5, 0.6) is 0 Å². The summed E-state index contributed by atoms with van der Waals surface area (Å²) in [4.78, 5) is 11.3. The minimum atomic E-state index is 0.623. The Morgan fingerprint density at radius 1 is 1.58 bits per heavy atom. The molecule has 0 saturated carbocycles. The first kappa shape index (κ1) is 7.42. The molecule has 0 fully saturated rings. The molecule has 3 N–H and O–H groups in total. The highest BCUT2D eigenvalue weighted by Gasteiger charge is 2.00. The Balaban J connectivity index is 2.66. The number of nitrogens with zero attached hydrogens (tertiary/aromatic N) is 2. The Kier molecular flexibility index (Phi) is 1.65. The van der Waals surface area contributed by atoms with Gasteiger partial charge in [0.25, 0.3) is 0 Å². The molecule has 0 radical (unpaired) electrons. The number of H-pyrrole nitrogens is 1. The molecule has 0 saturated heterocycles. The van der Waals surface area contributed by atoms with Crippen LogP contribution in [-0.4, -0.2) is 21.2 Å². The molecule has 0 amide bonds. The van der Waals surface area contributed by atoms with Gasteiger partial charge in [0.05, 0.1) is 17.2 Å². The van der Waals surface area contributed by atoms with Gasteiger partial charge >= 0.3 is 0 Å². The summed E-state index contributed by atoms with van der Waals surface area (Å²) in [6, 6.07) is 1.80. The normalized spacial score (nSPS) is 10.8. The molecule has 0 aliphatic carbocycles. The standard InChI is InChI=1S/C7H8N4S/c1-12-7-9-3-5-4(11-7)2-6(8)10-5/h2-3,10H,8H2,1H3. The molecule has 12 heavy (non-hydrogen) atoms. The molecule has 0 aromatic carbocycles. The number of rotatable bonds is 1. The van der Waals surface area contributed by atoms with Gasteiger partial charge in [-0.05, 0) is 6.26 Å².